The molecule has 0 amide bonds. The quantitative estimate of drug-likeness (QED) is 0.845. The van der Waals surface area contributed by atoms with Crippen molar-refractivity contribution in [1.29, 1.82) is 0 Å². The predicted molar refractivity (Wildman–Crippen MR) is 79.5 cm³/mol. The second-order valence-electron chi connectivity index (χ2n) is 5.17. The van der Waals surface area contributed by atoms with E-state index in [9.17, 15) is 0 Å². The van der Waals surface area contributed by atoms with Crippen molar-refractivity contribution < 1.29 is 4.42 Å². The smallest absolute Gasteiger partial charge is 0.256 e. The van der Waals surface area contributed by atoms with E-state index in [1.807, 2.05) is 24.3 Å². The molecule has 19 heavy (non-hydrogen) atoms. The summed E-state index contributed by atoms with van der Waals surface area (Å²) in [6.45, 7) is 0. The number of aromatic nitrogens is 1. The van der Waals surface area contributed by atoms with E-state index in [-0.39, 0.29) is 0 Å². The number of hydrogen-bond acceptors (Lipinski definition) is 4. The molecule has 1 aliphatic carbocycles. The molecule has 0 aliphatic heterocycles. The minimum Gasteiger partial charge on any atom is -0.431 e. The van der Waals surface area contributed by atoms with Crippen LogP contribution in [0.3, 0.4) is 0 Å². The summed E-state index contributed by atoms with van der Waals surface area (Å²) in [6.07, 6.45) is 5.30. The number of fused-ring (bicyclic) bond motifs is 1. The second-order valence-corrected chi connectivity index (χ2v) is 6.22. The molecule has 0 bridgehead atoms. The van der Waals surface area contributed by atoms with E-state index >= 15 is 0 Å². The van der Waals surface area contributed by atoms with E-state index < -0.39 is 0 Å². The minimum atomic E-state index is 0.712. The largest absolute Gasteiger partial charge is 0.431 e. The molecule has 1 fully saturated rings. The Balaban J connectivity index is 1.54. The average molecular weight is 276 g/mol. The molecule has 3 nitrogen and oxygen atoms in total. The molecule has 0 saturated heterocycles. The van der Waals surface area contributed by atoms with Crippen LogP contribution in [-0.4, -0.2) is 23.8 Å². The molecule has 3 rings (SSSR count). The van der Waals surface area contributed by atoms with Crippen molar-refractivity contribution >= 4 is 22.9 Å². The van der Waals surface area contributed by atoms with Gasteiger partial charge in [0.1, 0.15) is 5.52 Å². The van der Waals surface area contributed by atoms with Gasteiger partial charge in [0, 0.05) is 11.8 Å². The Morgan fingerprint density at radius 3 is 3.11 bits per heavy atom. The molecule has 102 valence electrons. The summed E-state index contributed by atoms with van der Waals surface area (Å²) in [7, 11) is 2.08. The molecule has 1 N–H and O–H groups in total. The molecule has 1 aromatic heterocycles. The van der Waals surface area contributed by atoms with Gasteiger partial charge in [0.05, 0.1) is 0 Å². The molecule has 1 aliphatic rings. The van der Waals surface area contributed by atoms with Gasteiger partial charge in [0.25, 0.3) is 5.22 Å². The van der Waals surface area contributed by atoms with Crippen LogP contribution < -0.4 is 5.32 Å². The van der Waals surface area contributed by atoms with Crippen LogP contribution >= 0.6 is 11.8 Å². The highest BCUT2D eigenvalue weighted by Gasteiger charge is 2.25. The van der Waals surface area contributed by atoms with Gasteiger partial charge in [-0.05, 0) is 44.4 Å². The Kier molecular flexibility index (Phi) is 4.09. The fourth-order valence-electron chi connectivity index (χ4n) is 2.97. The minimum absolute atomic E-state index is 0.712. The SMILES string of the molecule is CNC1CCCC1CCSc1nc2ccccc2o1. The highest BCUT2D eigenvalue weighted by molar-refractivity contribution is 7.99. The molecule has 1 heterocycles. The lowest BCUT2D eigenvalue weighted by Crippen LogP contribution is -2.29. The number of benzene rings is 1. The maximum atomic E-state index is 5.72. The van der Waals surface area contributed by atoms with Crippen LogP contribution in [0.25, 0.3) is 11.1 Å². The van der Waals surface area contributed by atoms with Gasteiger partial charge >= 0.3 is 0 Å². The van der Waals surface area contributed by atoms with Gasteiger partial charge in [-0.25, -0.2) is 4.98 Å². The molecule has 1 saturated carbocycles. The summed E-state index contributed by atoms with van der Waals surface area (Å²) in [6, 6.07) is 8.66. The summed E-state index contributed by atoms with van der Waals surface area (Å²) in [5.74, 6) is 1.91. The summed E-state index contributed by atoms with van der Waals surface area (Å²) >= 11 is 1.74. The first-order valence-electron chi connectivity index (χ1n) is 7.02. The maximum absolute atomic E-state index is 5.72. The van der Waals surface area contributed by atoms with Gasteiger partial charge in [-0.3, -0.25) is 0 Å². The second kappa shape index (κ2) is 5.97. The Hall–Kier alpha value is -1.00. The zero-order valence-electron chi connectivity index (χ0n) is 11.3. The standard InChI is InChI=1S/C15H20N2OS/c1-16-12-7-4-5-11(12)9-10-19-15-17-13-6-2-3-8-14(13)18-15/h2-3,6,8,11-12,16H,4-5,7,9-10H2,1H3. The molecule has 2 atom stereocenters. The summed E-state index contributed by atoms with van der Waals surface area (Å²) < 4.78 is 5.72. The van der Waals surface area contributed by atoms with Crippen LogP contribution in [0.15, 0.2) is 33.9 Å². The summed E-state index contributed by atoms with van der Waals surface area (Å²) in [5, 5.41) is 4.24. The lowest BCUT2D eigenvalue weighted by molar-refractivity contribution is 0.416. The molecule has 4 heteroatoms. The van der Waals surface area contributed by atoms with Gasteiger partial charge in [-0.15, -0.1) is 0 Å². The maximum Gasteiger partial charge on any atom is 0.256 e. The van der Waals surface area contributed by atoms with Crippen molar-refractivity contribution in [2.24, 2.45) is 5.92 Å². The monoisotopic (exact) mass is 276 g/mol. The number of nitrogens with one attached hydrogen (secondary N) is 1. The van der Waals surface area contributed by atoms with Crippen LogP contribution in [0.4, 0.5) is 0 Å². The Morgan fingerprint density at radius 1 is 1.37 bits per heavy atom. The first-order chi connectivity index (χ1) is 9.36. The normalized spacial score (nSPS) is 23.2. The van der Waals surface area contributed by atoms with E-state index in [1.165, 1.54) is 25.7 Å². The van der Waals surface area contributed by atoms with E-state index in [2.05, 4.69) is 17.3 Å². The summed E-state index contributed by atoms with van der Waals surface area (Å²) in [5.41, 5.74) is 1.85. The zero-order valence-corrected chi connectivity index (χ0v) is 12.1. The average Bonchev–Trinajstić information content (AvgIpc) is 3.04. The van der Waals surface area contributed by atoms with E-state index in [0.29, 0.717) is 6.04 Å². The van der Waals surface area contributed by atoms with E-state index in [0.717, 1.165) is 28.0 Å². The first-order valence-corrected chi connectivity index (χ1v) is 8.01. The topological polar surface area (TPSA) is 38.1 Å². The third kappa shape index (κ3) is 2.95. The lowest BCUT2D eigenvalue weighted by atomic mass is 10.0. The van der Waals surface area contributed by atoms with Gasteiger partial charge in [0.2, 0.25) is 0 Å². The number of thioether (sulfide) groups is 1. The van der Waals surface area contributed by atoms with Crippen LogP contribution in [-0.2, 0) is 0 Å². The number of oxazole rings is 1. The highest BCUT2D eigenvalue weighted by Crippen LogP contribution is 2.31. The van der Waals surface area contributed by atoms with Gasteiger partial charge in [0.15, 0.2) is 5.58 Å². The number of nitrogens with zero attached hydrogens (tertiary/aromatic N) is 1. The van der Waals surface area contributed by atoms with Crippen molar-refractivity contribution in [3.8, 4) is 0 Å². The molecular formula is C15H20N2OS. The Morgan fingerprint density at radius 2 is 2.26 bits per heavy atom. The van der Waals surface area contributed by atoms with Crippen molar-refractivity contribution in [2.75, 3.05) is 12.8 Å². The lowest BCUT2D eigenvalue weighted by Gasteiger charge is -2.17. The van der Waals surface area contributed by atoms with E-state index in [1.54, 1.807) is 11.8 Å². The summed E-state index contributed by atoms with van der Waals surface area (Å²) in [4.78, 5) is 4.50. The molecular weight excluding hydrogens is 256 g/mol. The van der Waals surface area contributed by atoms with Crippen LogP contribution in [0.1, 0.15) is 25.7 Å². The predicted octanol–water partition coefficient (Wildman–Crippen LogP) is 3.70. The number of para-hydroxylation sites is 2. The molecule has 0 spiro atoms. The van der Waals surface area contributed by atoms with Gasteiger partial charge in [-0.2, -0.15) is 0 Å². The van der Waals surface area contributed by atoms with Crippen LogP contribution in [0, 0.1) is 5.92 Å². The Labute approximate surface area is 118 Å². The van der Waals surface area contributed by atoms with E-state index in [4.69, 9.17) is 4.42 Å². The fourth-order valence-corrected chi connectivity index (χ4v) is 3.88. The van der Waals surface area contributed by atoms with Gasteiger partial charge < -0.3 is 9.73 Å². The van der Waals surface area contributed by atoms with Crippen LogP contribution in [0.2, 0.25) is 0 Å². The third-order valence-electron chi connectivity index (χ3n) is 4.02. The fraction of sp³-hybridized carbons (Fsp3) is 0.533. The number of rotatable bonds is 5. The highest BCUT2D eigenvalue weighted by atomic mass is 32.2. The number of hydrogen-bond donors (Lipinski definition) is 1. The third-order valence-corrected chi connectivity index (χ3v) is 4.88. The van der Waals surface area contributed by atoms with Crippen molar-refractivity contribution in [3.63, 3.8) is 0 Å². The molecule has 1 aromatic carbocycles. The molecule has 2 aromatic rings. The van der Waals surface area contributed by atoms with Crippen LogP contribution in [0.5, 0.6) is 0 Å². The van der Waals surface area contributed by atoms with Crippen molar-refractivity contribution in [2.45, 2.75) is 36.9 Å². The van der Waals surface area contributed by atoms with Crippen molar-refractivity contribution in [1.82, 2.24) is 10.3 Å². The first kappa shape index (κ1) is 13.0. The van der Waals surface area contributed by atoms with Crippen molar-refractivity contribution in [3.05, 3.63) is 24.3 Å². The van der Waals surface area contributed by atoms with Gasteiger partial charge in [-0.1, -0.05) is 30.3 Å². The molecule has 2 unspecified atom stereocenters. The molecule has 0 radical (unpaired) electrons. The Bertz CT molecular complexity index is 507. The zero-order chi connectivity index (χ0) is 13.1.